The first kappa shape index (κ1) is 10.4. The Bertz CT molecular complexity index is 297. The second-order valence-corrected chi connectivity index (χ2v) is 3.64. The van der Waals surface area contributed by atoms with Gasteiger partial charge in [-0.2, -0.15) is 0 Å². The normalized spacial score (nSPS) is 10.2. The number of ether oxygens (including phenoxy) is 1. The molecule has 0 aliphatic carbocycles. The van der Waals surface area contributed by atoms with E-state index >= 15 is 0 Å². The zero-order valence-electron chi connectivity index (χ0n) is 8.13. The Kier molecular flexibility index (Phi) is 3.63. The van der Waals surface area contributed by atoms with Gasteiger partial charge in [0.15, 0.2) is 0 Å². The Morgan fingerprint density at radius 1 is 1.46 bits per heavy atom. The SMILES string of the molecule is COc1cc(C)c(SC)cc1CO. The van der Waals surface area contributed by atoms with Crippen molar-refractivity contribution in [2.45, 2.75) is 18.4 Å². The predicted octanol–water partition coefficient (Wildman–Crippen LogP) is 2.22. The van der Waals surface area contributed by atoms with Crippen molar-refractivity contribution < 1.29 is 9.84 Å². The largest absolute Gasteiger partial charge is 0.496 e. The van der Waals surface area contributed by atoms with E-state index in [1.165, 1.54) is 10.5 Å². The average Bonchev–Trinajstić information content (AvgIpc) is 2.17. The van der Waals surface area contributed by atoms with E-state index in [4.69, 9.17) is 9.84 Å². The number of aliphatic hydroxyl groups is 1. The van der Waals surface area contributed by atoms with Gasteiger partial charge in [0.05, 0.1) is 13.7 Å². The second kappa shape index (κ2) is 4.53. The molecule has 0 aliphatic rings. The summed E-state index contributed by atoms with van der Waals surface area (Å²) >= 11 is 1.68. The van der Waals surface area contributed by atoms with Crippen LogP contribution in [0.5, 0.6) is 5.75 Å². The third-order valence-corrected chi connectivity index (χ3v) is 2.85. The van der Waals surface area contributed by atoms with E-state index in [1.54, 1.807) is 18.9 Å². The summed E-state index contributed by atoms with van der Waals surface area (Å²) in [7, 11) is 1.62. The summed E-state index contributed by atoms with van der Waals surface area (Å²) in [4.78, 5) is 1.19. The number of hydrogen-bond donors (Lipinski definition) is 1. The van der Waals surface area contributed by atoms with Crippen molar-refractivity contribution in [2.24, 2.45) is 0 Å². The van der Waals surface area contributed by atoms with Gasteiger partial charge in [-0.25, -0.2) is 0 Å². The molecule has 0 fully saturated rings. The highest BCUT2D eigenvalue weighted by Gasteiger charge is 2.05. The van der Waals surface area contributed by atoms with Gasteiger partial charge in [0.2, 0.25) is 0 Å². The monoisotopic (exact) mass is 198 g/mol. The number of benzene rings is 1. The van der Waals surface area contributed by atoms with Crippen molar-refractivity contribution >= 4 is 11.8 Å². The van der Waals surface area contributed by atoms with Crippen LogP contribution in [0.25, 0.3) is 0 Å². The molecule has 0 saturated heterocycles. The fraction of sp³-hybridized carbons (Fsp3) is 0.400. The highest BCUT2D eigenvalue weighted by molar-refractivity contribution is 7.98. The smallest absolute Gasteiger partial charge is 0.124 e. The minimum absolute atomic E-state index is 0.0248. The molecule has 0 spiro atoms. The van der Waals surface area contributed by atoms with Gasteiger partial charge in [-0.15, -0.1) is 11.8 Å². The highest BCUT2D eigenvalue weighted by Crippen LogP contribution is 2.28. The Morgan fingerprint density at radius 2 is 2.15 bits per heavy atom. The van der Waals surface area contributed by atoms with Gasteiger partial charge in [-0.1, -0.05) is 0 Å². The zero-order chi connectivity index (χ0) is 9.84. The fourth-order valence-corrected chi connectivity index (χ4v) is 1.88. The first-order valence-electron chi connectivity index (χ1n) is 4.05. The van der Waals surface area contributed by atoms with Gasteiger partial charge < -0.3 is 9.84 Å². The van der Waals surface area contributed by atoms with E-state index in [2.05, 4.69) is 0 Å². The third kappa shape index (κ3) is 2.17. The van der Waals surface area contributed by atoms with Crippen molar-refractivity contribution in [3.63, 3.8) is 0 Å². The van der Waals surface area contributed by atoms with Crippen molar-refractivity contribution in [3.05, 3.63) is 23.3 Å². The topological polar surface area (TPSA) is 29.5 Å². The molecule has 0 bridgehead atoms. The summed E-state index contributed by atoms with van der Waals surface area (Å²) in [6, 6.07) is 3.93. The van der Waals surface area contributed by atoms with Gasteiger partial charge in [-0.05, 0) is 30.9 Å². The van der Waals surface area contributed by atoms with Gasteiger partial charge in [0, 0.05) is 10.5 Å². The maximum atomic E-state index is 9.07. The van der Waals surface area contributed by atoms with E-state index in [1.807, 2.05) is 25.3 Å². The number of thioether (sulfide) groups is 1. The van der Waals surface area contributed by atoms with Gasteiger partial charge in [-0.3, -0.25) is 0 Å². The van der Waals surface area contributed by atoms with Crippen LogP contribution in [0.2, 0.25) is 0 Å². The minimum atomic E-state index is 0.0248. The van der Waals surface area contributed by atoms with Gasteiger partial charge >= 0.3 is 0 Å². The molecule has 0 amide bonds. The molecule has 0 radical (unpaired) electrons. The zero-order valence-corrected chi connectivity index (χ0v) is 8.94. The summed E-state index contributed by atoms with van der Waals surface area (Å²) in [6.07, 6.45) is 2.02. The van der Waals surface area contributed by atoms with Crippen LogP contribution in [0, 0.1) is 6.92 Å². The number of hydrogen-bond acceptors (Lipinski definition) is 3. The molecule has 3 heteroatoms. The van der Waals surface area contributed by atoms with Crippen LogP contribution in [0.3, 0.4) is 0 Å². The summed E-state index contributed by atoms with van der Waals surface area (Å²) in [6.45, 7) is 2.06. The fourth-order valence-electron chi connectivity index (χ4n) is 1.24. The van der Waals surface area contributed by atoms with Crippen molar-refractivity contribution in [3.8, 4) is 5.75 Å². The van der Waals surface area contributed by atoms with Crippen LogP contribution in [-0.4, -0.2) is 18.5 Å². The van der Waals surface area contributed by atoms with Crippen LogP contribution in [0.15, 0.2) is 17.0 Å². The molecular weight excluding hydrogens is 184 g/mol. The van der Waals surface area contributed by atoms with E-state index in [-0.39, 0.29) is 6.61 Å². The van der Waals surface area contributed by atoms with Crippen LogP contribution in [0.1, 0.15) is 11.1 Å². The molecule has 1 aromatic rings. The van der Waals surface area contributed by atoms with Crippen molar-refractivity contribution in [2.75, 3.05) is 13.4 Å². The molecule has 0 atom stereocenters. The van der Waals surface area contributed by atoms with Crippen molar-refractivity contribution in [1.29, 1.82) is 0 Å². The Balaban J connectivity index is 3.18. The maximum absolute atomic E-state index is 9.07. The molecule has 0 aliphatic heterocycles. The van der Waals surface area contributed by atoms with E-state index in [0.717, 1.165) is 11.3 Å². The van der Waals surface area contributed by atoms with Crippen LogP contribution >= 0.6 is 11.8 Å². The summed E-state index contributed by atoms with van der Waals surface area (Å²) < 4.78 is 5.15. The van der Waals surface area contributed by atoms with E-state index < -0.39 is 0 Å². The molecule has 72 valence electrons. The van der Waals surface area contributed by atoms with Crippen LogP contribution in [-0.2, 0) is 6.61 Å². The van der Waals surface area contributed by atoms with Crippen LogP contribution < -0.4 is 4.74 Å². The molecular formula is C10H14O2S. The molecule has 13 heavy (non-hydrogen) atoms. The highest BCUT2D eigenvalue weighted by atomic mass is 32.2. The lowest BCUT2D eigenvalue weighted by Gasteiger charge is -2.10. The van der Waals surface area contributed by atoms with Gasteiger partial charge in [0.1, 0.15) is 5.75 Å². The summed E-state index contributed by atoms with van der Waals surface area (Å²) in [5.74, 6) is 0.762. The average molecular weight is 198 g/mol. The predicted molar refractivity (Wildman–Crippen MR) is 55.4 cm³/mol. The van der Waals surface area contributed by atoms with Crippen molar-refractivity contribution in [1.82, 2.24) is 0 Å². The van der Waals surface area contributed by atoms with Crippen LogP contribution in [0.4, 0.5) is 0 Å². The summed E-state index contributed by atoms with van der Waals surface area (Å²) in [5, 5.41) is 9.07. The third-order valence-electron chi connectivity index (χ3n) is 1.97. The number of aryl methyl sites for hydroxylation is 1. The first-order valence-corrected chi connectivity index (χ1v) is 5.27. The standard InChI is InChI=1S/C10H14O2S/c1-7-4-9(12-2)8(6-11)5-10(7)13-3/h4-5,11H,6H2,1-3H3. The molecule has 0 saturated carbocycles. The number of methoxy groups -OCH3 is 1. The first-order chi connectivity index (χ1) is 6.22. The minimum Gasteiger partial charge on any atom is -0.496 e. The molecule has 0 heterocycles. The lowest BCUT2D eigenvalue weighted by Crippen LogP contribution is -1.94. The quantitative estimate of drug-likeness (QED) is 0.755. The Hall–Kier alpha value is -0.670. The molecule has 1 N–H and O–H groups in total. The van der Waals surface area contributed by atoms with Gasteiger partial charge in [0.25, 0.3) is 0 Å². The molecule has 0 unspecified atom stereocenters. The second-order valence-electron chi connectivity index (χ2n) is 2.79. The molecule has 0 aromatic heterocycles. The molecule has 2 nitrogen and oxygen atoms in total. The van der Waals surface area contributed by atoms with E-state index in [0.29, 0.717) is 0 Å². The van der Waals surface area contributed by atoms with E-state index in [9.17, 15) is 0 Å². The molecule has 1 aromatic carbocycles. The lowest BCUT2D eigenvalue weighted by molar-refractivity contribution is 0.273. The molecule has 1 rings (SSSR count). The number of aliphatic hydroxyl groups excluding tert-OH is 1. The Labute approximate surface area is 82.9 Å². The number of rotatable bonds is 3. The lowest BCUT2D eigenvalue weighted by atomic mass is 10.1. The Morgan fingerprint density at radius 3 is 2.62 bits per heavy atom. The maximum Gasteiger partial charge on any atom is 0.124 e. The summed E-state index contributed by atoms with van der Waals surface area (Å²) in [5.41, 5.74) is 2.03.